The number of hydrogen-bond donors (Lipinski definition) is 0. The molecule has 2 atom stereocenters. The zero-order valence-corrected chi connectivity index (χ0v) is 19.9. The molecule has 0 saturated carbocycles. The molecule has 3 saturated heterocycles. The Balaban J connectivity index is 1.25. The Kier molecular flexibility index (Phi) is 6.33. The van der Waals surface area contributed by atoms with Crippen LogP contribution in [-0.2, 0) is 16.1 Å². The van der Waals surface area contributed by atoms with Crippen LogP contribution >= 0.6 is 34.5 Å². The lowest BCUT2D eigenvalue weighted by atomic mass is 9.86. The van der Waals surface area contributed by atoms with Crippen LogP contribution in [0.15, 0.2) is 35.0 Å². The van der Waals surface area contributed by atoms with E-state index in [4.69, 9.17) is 27.9 Å². The second-order valence-electron chi connectivity index (χ2n) is 9.31. The molecule has 3 fully saturated rings. The Morgan fingerprint density at radius 3 is 2.61 bits per heavy atom. The normalized spacial score (nSPS) is 26.6. The highest BCUT2D eigenvalue weighted by Crippen LogP contribution is 2.39. The molecule has 0 N–H and O–H groups in total. The third-order valence-corrected chi connectivity index (χ3v) is 8.56. The summed E-state index contributed by atoms with van der Waals surface area (Å²) in [6, 6.07) is 8.09. The standard InChI is InChI=1S/C24H28Cl2N2O2S/c25-20-2-1-17(22(26)11-20)12-28-14-19(21(15-28)18-4-10-31-16-18)13-27-8-6-24(7-9-27)5-3-23(29)30-24/h1-2,4,10-11,16,19,21H,3,5-9,12-15H2/t19-,21+/m0/s1. The molecule has 4 heterocycles. The van der Waals surface area contributed by atoms with Crippen LogP contribution in [0.3, 0.4) is 0 Å². The maximum atomic E-state index is 11.6. The fourth-order valence-electron chi connectivity index (χ4n) is 5.53. The highest BCUT2D eigenvalue weighted by Gasteiger charge is 2.43. The Labute approximate surface area is 198 Å². The minimum Gasteiger partial charge on any atom is -0.459 e. The van der Waals surface area contributed by atoms with E-state index >= 15 is 0 Å². The molecule has 0 unspecified atom stereocenters. The van der Waals surface area contributed by atoms with Gasteiger partial charge in [0, 0.05) is 61.7 Å². The predicted octanol–water partition coefficient (Wildman–Crippen LogP) is 5.44. The minimum atomic E-state index is -0.173. The molecule has 0 bridgehead atoms. The molecule has 3 aliphatic heterocycles. The molecular weight excluding hydrogens is 451 g/mol. The summed E-state index contributed by atoms with van der Waals surface area (Å²) in [7, 11) is 0. The van der Waals surface area contributed by atoms with Crippen molar-refractivity contribution in [1.82, 2.24) is 9.80 Å². The van der Waals surface area contributed by atoms with Crippen LogP contribution in [0.1, 0.15) is 42.7 Å². The first-order valence-corrected chi connectivity index (χ1v) is 12.8. The number of nitrogens with zero attached hydrogens (tertiary/aromatic N) is 2. The fraction of sp³-hybridized carbons (Fsp3) is 0.542. The van der Waals surface area contributed by atoms with Crippen molar-refractivity contribution in [2.24, 2.45) is 5.92 Å². The van der Waals surface area contributed by atoms with E-state index in [9.17, 15) is 4.79 Å². The maximum Gasteiger partial charge on any atom is 0.306 e. The van der Waals surface area contributed by atoms with E-state index in [-0.39, 0.29) is 11.6 Å². The van der Waals surface area contributed by atoms with Crippen molar-refractivity contribution < 1.29 is 9.53 Å². The lowest BCUT2D eigenvalue weighted by Crippen LogP contribution is -2.46. The van der Waals surface area contributed by atoms with Gasteiger partial charge in [-0.05, 0) is 65.3 Å². The number of rotatable bonds is 5. The van der Waals surface area contributed by atoms with Gasteiger partial charge in [-0.3, -0.25) is 9.69 Å². The lowest BCUT2D eigenvalue weighted by molar-refractivity contribution is -0.152. The van der Waals surface area contributed by atoms with Crippen LogP contribution < -0.4 is 0 Å². The largest absolute Gasteiger partial charge is 0.459 e. The third-order valence-electron chi connectivity index (χ3n) is 7.27. The number of benzene rings is 1. The number of carbonyl (C=O) groups is 1. The average molecular weight is 479 g/mol. The van der Waals surface area contributed by atoms with Crippen LogP contribution in [0.2, 0.25) is 10.0 Å². The van der Waals surface area contributed by atoms with Crippen molar-refractivity contribution in [2.75, 3.05) is 32.7 Å². The Bertz CT molecular complexity index is 928. The summed E-state index contributed by atoms with van der Waals surface area (Å²) in [5, 5.41) is 5.92. The number of carbonyl (C=O) groups excluding carboxylic acids is 1. The van der Waals surface area contributed by atoms with Crippen molar-refractivity contribution in [3.05, 3.63) is 56.2 Å². The van der Waals surface area contributed by atoms with Crippen molar-refractivity contribution in [3.8, 4) is 0 Å². The second-order valence-corrected chi connectivity index (χ2v) is 10.9. The first-order valence-electron chi connectivity index (χ1n) is 11.1. The summed E-state index contributed by atoms with van der Waals surface area (Å²) < 4.78 is 5.70. The lowest BCUT2D eigenvalue weighted by Gasteiger charge is -2.39. The van der Waals surface area contributed by atoms with Gasteiger partial charge in [0.05, 0.1) is 0 Å². The average Bonchev–Trinajstić information content (AvgIpc) is 3.47. The van der Waals surface area contributed by atoms with E-state index in [0.717, 1.165) is 69.1 Å². The molecule has 7 heteroatoms. The van der Waals surface area contributed by atoms with Crippen LogP contribution in [0.25, 0.3) is 0 Å². The SMILES string of the molecule is O=C1CCC2(CCN(C[C@H]3CN(Cc4ccc(Cl)cc4Cl)C[C@@H]3c3ccsc3)CC2)O1. The Morgan fingerprint density at radius 1 is 1.10 bits per heavy atom. The number of piperidine rings is 1. The molecule has 31 heavy (non-hydrogen) atoms. The van der Waals surface area contributed by atoms with E-state index in [0.29, 0.717) is 23.3 Å². The third kappa shape index (κ3) is 4.81. The van der Waals surface area contributed by atoms with Gasteiger partial charge in [0.2, 0.25) is 0 Å². The van der Waals surface area contributed by atoms with Crippen LogP contribution in [0, 0.1) is 5.92 Å². The van der Waals surface area contributed by atoms with E-state index in [1.165, 1.54) is 5.56 Å². The van der Waals surface area contributed by atoms with Crippen molar-refractivity contribution in [1.29, 1.82) is 0 Å². The highest BCUT2D eigenvalue weighted by molar-refractivity contribution is 7.08. The molecule has 166 valence electrons. The van der Waals surface area contributed by atoms with Gasteiger partial charge in [0.15, 0.2) is 0 Å². The summed E-state index contributed by atoms with van der Waals surface area (Å²) in [6.45, 7) is 6.10. The number of esters is 1. The highest BCUT2D eigenvalue weighted by atomic mass is 35.5. The molecule has 1 aromatic heterocycles. The second kappa shape index (κ2) is 9.03. The molecule has 0 amide bonds. The van der Waals surface area contributed by atoms with Gasteiger partial charge in [-0.1, -0.05) is 29.3 Å². The number of thiophene rings is 1. The summed E-state index contributed by atoms with van der Waals surface area (Å²) in [5.74, 6) is 1.11. The molecule has 1 spiro atoms. The molecule has 0 aliphatic carbocycles. The van der Waals surface area contributed by atoms with Gasteiger partial charge >= 0.3 is 5.97 Å². The van der Waals surface area contributed by atoms with Gasteiger partial charge in [-0.15, -0.1) is 0 Å². The molecular formula is C24H28Cl2N2O2S. The summed E-state index contributed by atoms with van der Waals surface area (Å²) in [6.07, 6.45) is 3.43. The fourth-order valence-corrected chi connectivity index (χ4v) is 6.72. The molecule has 4 nitrogen and oxygen atoms in total. The Hall–Kier alpha value is -1.11. The minimum absolute atomic E-state index is 0.0155. The summed E-state index contributed by atoms with van der Waals surface area (Å²) in [4.78, 5) is 16.7. The first-order chi connectivity index (χ1) is 15.0. The van der Waals surface area contributed by atoms with Crippen LogP contribution in [0.4, 0.5) is 0 Å². The van der Waals surface area contributed by atoms with Gasteiger partial charge in [-0.25, -0.2) is 0 Å². The van der Waals surface area contributed by atoms with E-state index < -0.39 is 0 Å². The van der Waals surface area contributed by atoms with Crippen molar-refractivity contribution in [2.45, 2.75) is 43.7 Å². The van der Waals surface area contributed by atoms with E-state index in [1.54, 1.807) is 11.3 Å². The van der Waals surface area contributed by atoms with Crippen LogP contribution in [-0.4, -0.2) is 54.1 Å². The number of halogens is 2. The molecule has 5 rings (SSSR count). The predicted molar refractivity (Wildman–Crippen MR) is 126 cm³/mol. The monoisotopic (exact) mass is 478 g/mol. The van der Waals surface area contributed by atoms with Gasteiger partial charge in [-0.2, -0.15) is 11.3 Å². The summed E-state index contributed by atoms with van der Waals surface area (Å²) >= 11 is 14.3. The van der Waals surface area contributed by atoms with Gasteiger partial charge in [0.1, 0.15) is 5.60 Å². The quantitative estimate of drug-likeness (QED) is 0.535. The number of ether oxygens (including phenoxy) is 1. The van der Waals surface area contributed by atoms with Crippen LogP contribution in [0.5, 0.6) is 0 Å². The zero-order valence-electron chi connectivity index (χ0n) is 17.6. The number of likely N-dealkylation sites (tertiary alicyclic amines) is 2. The molecule has 3 aliphatic rings. The smallest absolute Gasteiger partial charge is 0.306 e. The molecule has 0 radical (unpaired) electrons. The number of hydrogen-bond acceptors (Lipinski definition) is 5. The molecule has 1 aromatic carbocycles. The Morgan fingerprint density at radius 2 is 1.94 bits per heavy atom. The molecule has 2 aromatic rings. The van der Waals surface area contributed by atoms with Gasteiger partial charge < -0.3 is 9.64 Å². The zero-order chi connectivity index (χ0) is 21.4. The maximum absolute atomic E-state index is 11.6. The summed E-state index contributed by atoms with van der Waals surface area (Å²) in [5.41, 5.74) is 2.42. The topological polar surface area (TPSA) is 32.8 Å². The first kappa shape index (κ1) is 21.7. The van der Waals surface area contributed by atoms with Crippen molar-refractivity contribution in [3.63, 3.8) is 0 Å². The van der Waals surface area contributed by atoms with Gasteiger partial charge in [0.25, 0.3) is 0 Å². The van der Waals surface area contributed by atoms with E-state index in [2.05, 4.69) is 26.6 Å². The van der Waals surface area contributed by atoms with E-state index in [1.807, 2.05) is 18.2 Å². The van der Waals surface area contributed by atoms with Crippen molar-refractivity contribution >= 4 is 40.5 Å².